The Morgan fingerprint density at radius 1 is 1.11 bits per heavy atom. The summed E-state index contributed by atoms with van der Waals surface area (Å²) < 4.78 is 48.0. The second kappa shape index (κ2) is 9.53. The summed E-state index contributed by atoms with van der Waals surface area (Å²) in [4.78, 5) is 29.1. The minimum absolute atomic E-state index is 0.000559. The molecule has 2 fully saturated rings. The highest BCUT2D eigenvalue weighted by molar-refractivity contribution is 7.89. The van der Waals surface area contributed by atoms with Crippen LogP contribution in [0.3, 0.4) is 0 Å². The van der Waals surface area contributed by atoms with E-state index in [1.54, 1.807) is 4.90 Å². The van der Waals surface area contributed by atoms with Gasteiger partial charge in [-0.3, -0.25) is 9.59 Å². The monoisotopic (exact) mass is 530 g/mol. The van der Waals surface area contributed by atoms with Gasteiger partial charge in [-0.2, -0.15) is 4.31 Å². The number of fused-ring (bicyclic) bond motifs is 1. The summed E-state index contributed by atoms with van der Waals surface area (Å²) in [6.45, 7) is 0.190. The number of carbonyl (C=O) groups is 2. The number of ether oxygens (including phenoxy) is 1. The molecule has 3 aromatic rings. The van der Waals surface area contributed by atoms with Crippen LogP contribution in [0.1, 0.15) is 28.9 Å². The van der Waals surface area contributed by atoms with Crippen LogP contribution < -0.4 is 5.73 Å². The van der Waals surface area contributed by atoms with Crippen LogP contribution in [0.4, 0.5) is 4.39 Å². The SMILES string of the molecule is NC(=O)c1[nH]c2ccc(F)cc2c1S(=O)(=O)N1CCOC(C(=O)N2CCC(O)(c3ccccc3)CC2)C1. The lowest BCUT2D eigenvalue weighted by atomic mass is 9.84. The van der Waals surface area contributed by atoms with Gasteiger partial charge in [-0.15, -0.1) is 0 Å². The molecule has 0 spiro atoms. The third kappa shape index (κ3) is 4.61. The first-order chi connectivity index (χ1) is 17.6. The maximum Gasteiger partial charge on any atom is 0.266 e. The van der Waals surface area contributed by atoms with Crippen LogP contribution in [0.25, 0.3) is 10.9 Å². The quantitative estimate of drug-likeness (QED) is 0.453. The first kappa shape index (κ1) is 25.3. The van der Waals surface area contributed by atoms with Gasteiger partial charge in [0, 0.05) is 37.1 Å². The van der Waals surface area contributed by atoms with E-state index in [9.17, 15) is 27.5 Å². The van der Waals surface area contributed by atoms with Crippen molar-refractivity contribution >= 4 is 32.7 Å². The molecule has 3 heterocycles. The van der Waals surface area contributed by atoms with Crippen LogP contribution in [-0.4, -0.2) is 78.4 Å². The predicted molar refractivity (Wildman–Crippen MR) is 131 cm³/mol. The Morgan fingerprint density at radius 2 is 1.81 bits per heavy atom. The zero-order valence-corrected chi connectivity index (χ0v) is 20.7. The van der Waals surface area contributed by atoms with Gasteiger partial charge in [0.15, 0.2) is 0 Å². The number of aromatic amines is 1. The first-order valence-electron chi connectivity index (χ1n) is 11.9. The molecule has 2 aliphatic rings. The predicted octanol–water partition coefficient (Wildman–Crippen LogP) is 1.31. The number of carbonyl (C=O) groups excluding carboxylic acids is 2. The van der Waals surface area contributed by atoms with Crippen LogP contribution in [0, 0.1) is 5.82 Å². The van der Waals surface area contributed by atoms with Crippen LogP contribution in [0.15, 0.2) is 53.4 Å². The van der Waals surface area contributed by atoms with Crippen LogP contribution in [-0.2, 0) is 25.2 Å². The second-order valence-electron chi connectivity index (χ2n) is 9.33. The third-order valence-electron chi connectivity index (χ3n) is 7.08. The third-order valence-corrected chi connectivity index (χ3v) is 9.03. The Hall–Kier alpha value is -3.32. The molecule has 1 aromatic heterocycles. The average molecular weight is 531 g/mol. The molecule has 2 aliphatic heterocycles. The summed E-state index contributed by atoms with van der Waals surface area (Å²) in [5.41, 5.74) is 5.06. The van der Waals surface area contributed by atoms with Crippen molar-refractivity contribution in [2.75, 3.05) is 32.8 Å². The van der Waals surface area contributed by atoms with E-state index in [1.165, 1.54) is 6.07 Å². The van der Waals surface area contributed by atoms with Crippen molar-refractivity contribution in [2.24, 2.45) is 5.73 Å². The number of halogens is 1. The lowest BCUT2D eigenvalue weighted by Crippen LogP contribution is -2.55. The van der Waals surface area contributed by atoms with Gasteiger partial charge in [-0.1, -0.05) is 30.3 Å². The number of morpholine rings is 1. The smallest absolute Gasteiger partial charge is 0.266 e. The molecule has 37 heavy (non-hydrogen) atoms. The molecule has 2 saturated heterocycles. The number of nitrogens with zero attached hydrogens (tertiary/aromatic N) is 2. The number of piperidine rings is 1. The van der Waals surface area contributed by atoms with Crippen molar-refractivity contribution in [3.63, 3.8) is 0 Å². The first-order valence-corrected chi connectivity index (χ1v) is 13.3. The molecule has 1 atom stereocenters. The van der Waals surface area contributed by atoms with Crippen molar-refractivity contribution < 1.29 is 32.2 Å². The normalized spacial score (nSPS) is 20.7. The number of aliphatic hydroxyl groups is 1. The van der Waals surface area contributed by atoms with Gasteiger partial charge in [0.1, 0.15) is 22.5 Å². The highest BCUT2D eigenvalue weighted by atomic mass is 32.2. The number of amides is 2. The number of benzene rings is 2. The molecule has 0 aliphatic carbocycles. The summed E-state index contributed by atoms with van der Waals surface area (Å²) in [5.74, 6) is -2.06. The number of rotatable bonds is 5. The molecule has 0 bridgehead atoms. The van der Waals surface area contributed by atoms with Crippen LogP contribution in [0.5, 0.6) is 0 Å². The van der Waals surface area contributed by atoms with Crippen LogP contribution >= 0.6 is 0 Å². The van der Waals surface area contributed by atoms with Gasteiger partial charge < -0.3 is 25.5 Å². The average Bonchev–Trinajstić information content (AvgIpc) is 3.29. The number of hydrogen-bond donors (Lipinski definition) is 3. The van der Waals surface area contributed by atoms with Gasteiger partial charge in [0.2, 0.25) is 10.0 Å². The fraction of sp³-hybridized carbons (Fsp3) is 0.360. The van der Waals surface area contributed by atoms with Gasteiger partial charge in [0.25, 0.3) is 11.8 Å². The highest BCUT2D eigenvalue weighted by Gasteiger charge is 2.41. The van der Waals surface area contributed by atoms with Gasteiger partial charge in [-0.25, -0.2) is 12.8 Å². The largest absolute Gasteiger partial charge is 0.385 e. The van der Waals surface area contributed by atoms with E-state index >= 15 is 0 Å². The Bertz CT molecular complexity index is 1450. The molecular weight excluding hydrogens is 503 g/mol. The van der Waals surface area contributed by atoms with E-state index in [0.29, 0.717) is 12.8 Å². The van der Waals surface area contributed by atoms with Gasteiger partial charge in [0.05, 0.1) is 12.2 Å². The topological polar surface area (TPSA) is 146 Å². The highest BCUT2D eigenvalue weighted by Crippen LogP contribution is 2.34. The summed E-state index contributed by atoms with van der Waals surface area (Å²) >= 11 is 0. The Labute approximate surface area is 212 Å². The van der Waals surface area contributed by atoms with E-state index in [0.717, 1.165) is 22.0 Å². The summed E-state index contributed by atoms with van der Waals surface area (Å²) in [6, 6.07) is 12.8. The molecule has 1 unspecified atom stereocenters. The molecule has 2 amide bonds. The number of primary amides is 1. The molecule has 4 N–H and O–H groups in total. The molecular formula is C25H27FN4O6S. The minimum atomic E-state index is -4.35. The van der Waals surface area contributed by atoms with E-state index in [1.807, 2.05) is 30.3 Å². The van der Waals surface area contributed by atoms with Gasteiger partial charge >= 0.3 is 0 Å². The molecule has 196 valence electrons. The number of sulfonamides is 1. The number of hydrogen-bond acceptors (Lipinski definition) is 6. The fourth-order valence-electron chi connectivity index (χ4n) is 5.04. The number of nitrogens with two attached hydrogens (primary N) is 1. The molecule has 0 radical (unpaired) electrons. The van der Waals surface area contributed by atoms with E-state index < -0.39 is 38.3 Å². The summed E-state index contributed by atoms with van der Waals surface area (Å²) in [5, 5.41) is 11.1. The van der Waals surface area contributed by atoms with Crippen LogP contribution in [0.2, 0.25) is 0 Å². The number of likely N-dealkylation sites (tertiary alicyclic amines) is 1. The number of aromatic nitrogens is 1. The van der Waals surface area contributed by atoms with E-state index in [4.69, 9.17) is 10.5 Å². The molecule has 5 rings (SSSR count). The zero-order chi connectivity index (χ0) is 26.4. The maximum absolute atomic E-state index is 14.0. The Morgan fingerprint density at radius 3 is 2.49 bits per heavy atom. The van der Waals surface area contributed by atoms with E-state index in [2.05, 4.69) is 4.98 Å². The van der Waals surface area contributed by atoms with Gasteiger partial charge in [-0.05, 0) is 36.6 Å². The lowest BCUT2D eigenvalue weighted by Gasteiger charge is -2.40. The Kier molecular flexibility index (Phi) is 6.52. The molecule has 12 heteroatoms. The van der Waals surface area contributed by atoms with Crippen molar-refractivity contribution in [1.29, 1.82) is 0 Å². The minimum Gasteiger partial charge on any atom is -0.385 e. The second-order valence-corrected chi connectivity index (χ2v) is 11.2. The molecule has 2 aromatic carbocycles. The van der Waals surface area contributed by atoms with Crippen molar-refractivity contribution in [1.82, 2.24) is 14.2 Å². The summed E-state index contributed by atoms with van der Waals surface area (Å²) in [6.07, 6.45) is -0.397. The standard InChI is InChI=1S/C25H27FN4O6S/c26-17-6-7-19-18(14-17)22(21(28-19)23(27)31)37(34,35)30-12-13-36-20(15-30)24(32)29-10-8-25(33,9-11-29)16-4-2-1-3-5-16/h1-7,14,20,28,33H,8-13,15H2,(H2,27,31). The maximum atomic E-state index is 14.0. The Balaban J connectivity index is 1.35. The van der Waals surface area contributed by atoms with E-state index in [-0.39, 0.29) is 55.3 Å². The van der Waals surface area contributed by atoms with Crippen molar-refractivity contribution in [2.45, 2.75) is 29.4 Å². The molecule has 10 nitrogen and oxygen atoms in total. The van der Waals surface area contributed by atoms with Crippen molar-refractivity contribution in [3.05, 3.63) is 65.6 Å². The number of nitrogens with one attached hydrogen (secondary N) is 1. The summed E-state index contributed by atoms with van der Waals surface area (Å²) in [7, 11) is -4.35. The number of H-pyrrole nitrogens is 1. The zero-order valence-electron chi connectivity index (χ0n) is 19.9. The fourth-order valence-corrected chi connectivity index (χ4v) is 6.80. The lowest BCUT2D eigenvalue weighted by molar-refractivity contribution is -0.151. The van der Waals surface area contributed by atoms with Crippen molar-refractivity contribution in [3.8, 4) is 0 Å². The molecule has 0 saturated carbocycles.